The maximum Gasteiger partial charge on any atom is 0.0695 e. The summed E-state index contributed by atoms with van der Waals surface area (Å²) in [5.74, 6) is 0.446. The standard InChI is InChI=1S/C9H16N2OS/c10-4-1-9(8(12)7-13)2-5-11-6-3-9/h8,11-13H,1-3,5-7H2. The van der Waals surface area contributed by atoms with E-state index in [-0.39, 0.29) is 5.41 Å². The Morgan fingerprint density at radius 1 is 1.54 bits per heavy atom. The maximum atomic E-state index is 9.81. The van der Waals surface area contributed by atoms with Crippen LogP contribution >= 0.6 is 12.6 Å². The quantitative estimate of drug-likeness (QED) is 0.583. The van der Waals surface area contributed by atoms with E-state index in [1.807, 2.05) is 0 Å². The van der Waals surface area contributed by atoms with Crippen LogP contribution in [0.15, 0.2) is 0 Å². The molecule has 4 heteroatoms. The van der Waals surface area contributed by atoms with Gasteiger partial charge in [0, 0.05) is 17.6 Å². The lowest BCUT2D eigenvalue weighted by Crippen LogP contribution is -2.45. The number of rotatable bonds is 3. The van der Waals surface area contributed by atoms with Gasteiger partial charge in [0.05, 0.1) is 12.2 Å². The van der Waals surface area contributed by atoms with Crippen LogP contribution in [0, 0.1) is 16.7 Å². The van der Waals surface area contributed by atoms with Crippen molar-refractivity contribution in [1.29, 1.82) is 5.26 Å². The summed E-state index contributed by atoms with van der Waals surface area (Å²) in [5.41, 5.74) is -0.207. The normalized spacial score (nSPS) is 23.5. The number of hydrogen-bond donors (Lipinski definition) is 3. The second-order valence-corrected chi connectivity index (χ2v) is 4.01. The van der Waals surface area contributed by atoms with E-state index >= 15 is 0 Å². The van der Waals surface area contributed by atoms with Crippen molar-refractivity contribution in [2.75, 3.05) is 18.8 Å². The van der Waals surface area contributed by atoms with Crippen LogP contribution in [0.2, 0.25) is 0 Å². The molecule has 0 aromatic heterocycles. The molecule has 0 radical (unpaired) electrons. The molecule has 74 valence electrons. The molecule has 0 aliphatic carbocycles. The van der Waals surface area contributed by atoms with Gasteiger partial charge in [0.25, 0.3) is 0 Å². The van der Waals surface area contributed by atoms with Gasteiger partial charge < -0.3 is 10.4 Å². The maximum absolute atomic E-state index is 9.81. The number of aliphatic hydroxyl groups is 1. The second kappa shape index (κ2) is 4.85. The molecule has 1 heterocycles. The zero-order valence-corrected chi connectivity index (χ0v) is 8.56. The molecule has 1 fully saturated rings. The van der Waals surface area contributed by atoms with E-state index in [1.54, 1.807) is 0 Å². The average molecular weight is 200 g/mol. The van der Waals surface area contributed by atoms with Crippen LogP contribution in [0.25, 0.3) is 0 Å². The van der Waals surface area contributed by atoms with Crippen LogP contribution in [0.4, 0.5) is 0 Å². The molecule has 0 amide bonds. The zero-order chi connectivity index (χ0) is 9.73. The highest BCUT2D eigenvalue weighted by Crippen LogP contribution is 2.36. The zero-order valence-electron chi connectivity index (χ0n) is 7.66. The Morgan fingerprint density at radius 3 is 2.62 bits per heavy atom. The van der Waals surface area contributed by atoms with Crippen molar-refractivity contribution in [1.82, 2.24) is 5.32 Å². The largest absolute Gasteiger partial charge is 0.392 e. The molecule has 3 nitrogen and oxygen atoms in total. The molecule has 1 saturated heterocycles. The lowest BCUT2D eigenvalue weighted by Gasteiger charge is -2.39. The number of nitriles is 1. The van der Waals surface area contributed by atoms with Crippen molar-refractivity contribution >= 4 is 12.6 Å². The highest BCUT2D eigenvalue weighted by Gasteiger charge is 2.38. The summed E-state index contributed by atoms with van der Waals surface area (Å²) in [6, 6.07) is 2.17. The van der Waals surface area contributed by atoms with Gasteiger partial charge in [0.15, 0.2) is 0 Å². The van der Waals surface area contributed by atoms with Crippen molar-refractivity contribution in [2.24, 2.45) is 5.41 Å². The van der Waals surface area contributed by atoms with Gasteiger partial charge in [-0.05, 0) is 25.9 Å². The highest BCUT2D eigenvalue weighted by molar-refractivity contribution is 7.80. The first kappa shape index (κ1) is 10.8. The fourth-order valence-corrected chi connectivity index (χ4v) is 2.29. The van der Waals surface area contributed by atoms with Crippen molar-refractivity contribution < 1.29 is 5.11 Å². The van der Waals surface area contributed by atoms with Crippen LogP contribution in [0.3, 0.4) is 0 Å². The molecule has 1 aliphatic heterocycles. The van der Waals surface area contributed by atoms with Gasteiger partial charge in [-0.25, -0.2) is 0 Å². The molecular weight excluding hydrogens is 184 g/mol. The van der Waals surface area contributed by atoms with Gasteiger partial charge in [-0.2, -0.15) is 17.9 Å². The minimum Gasteiger partial charge on any atom is -0.392 e. The number of thiol groups is 1. The molecular formula is C9H16N2OS. The Hall–Kier alpha value is -0.240. The van der Waals surface area contributed by atoms with Crippen LogP contribution < -0.4 is 5.32 Å². The SMILES string of the molecule is N#CCC1(C(O)CS)CCNCC1. The average Bonchev–Trinajstić information content (AvgIpc) is 2.18. The molecule has 0 spiro atoms. The van der Waals surface area contributed by atoms with E-state index in [0.29, 0.717) is 12.2 Å². The van der Waals surface area contributed by atoms with Crippen LogP contribution in [0.1, 0.15) is 19.3 Å². The number of nitrogens with zero attached hydrogens (tertiary/aromatic N) is 1. The molecule has 13 heavy (non-hydrogen) atoms. The predicted molar refractivity (Wildman–Crippen MR) is 54.6 cm³/mol. The van der Waals surface area contributed by atoms with Crippen LogP contribution in [0.5, 0.6) is 0 Å². The fraction of sp³-hybridized carbons (Fsp3) is 0.889. The van der Waals surface area contributed by atoms with Gasteiger partial charge >= 0.3 is 0 Å². The first-order valence-electron chi connectivity index (χ1n) is 4.62. The van der Waals surface area contributed by atoms with Gasteiger partial charge in [0.1, 0.15) is 0 Å². The lowest BCUT2D eigenvalue weighted by molar-refractivity contribution is 0.0210. The summed E-state index contributed by atoms with van der Waals surface area (Å²) >= 11 is 4.09. The van der Waals surface area contributed by atoms with Crippen molar-refractivity contribution in [2.45, 2.75) is 25.4 Å². The molecule has 0 aromatic carbocycles. The van der Waals surface area contributed by atoms with Gasteiger partial charge in [-0.15, -0.1) is 0 Å². The molecule has 1 atom stereocenters. The Labute approximate surface area is 84.5 Å². The third kappa shape index (κ3) is 2.37. The third-order valence-electron chi connectivity index (χ3n) is 2.91. The fourth-order valence-electron chi connectivity index (χ4n) is 1.90. The Bertz CT molecular complexity index is 196. The van der Waals surface area contributed by atoms with Gasteiger partial charge in [-0.3, -0.25) is 0 Å². The van der Waals surface area contributed by atoms with E-state index in [9.17, 15) is 5.11 Å². The minimum atomic E-state index is -0.447. The number of piperidine rings is 1. The van der Waals surface area contributed by atoms with E-state index in [1.165, 1.54) is 0 Å². The topological polar surface area (TPSA) is 56.0 Å². The Balaban J connectivity index is 2.67. The highest BCUT2D eigenvalue weighted by atomic mass is 32.1. The van der Waals surface area contributed by atoms with E-state index < -0.39 is 6.10 Å². The summed E-state index contributed by atoms with van der Waals surface area (Å²) in [6.07, 6.45) is 1.75. The predicted octanol–water partition coefficient (Wildman–Crippen LogP) is 0.561. The number of hydrogen-bond acceptors (Lipinski definition) is 4. The molecule has 2 N–H and O–H groups in total. The molecule has 0 saturated carbocycles. The summed E-state index contributed by atoms with van der Waals surface area (Å²) in [6.45, 7) is 1.79. The number of aliphatic hydroxyl groups excluding tert-OH is 1. The van der Waals surface area contributed by atoms with E-state index in [0.717, 1.165) is 25.9 Å². The van der Waals surface area contributed by atoms with Crippen LogP contribution in [-0.2, 0) is 0 Å². The van der Waals surface area contributed by atoms with E-state index in [2.05, 4.69) is 24.0 Å². The Kier molecular flexibility index (Phi) is 4.04. The van der Waals surface area contributed by atoms with Gasteiger partial charge in [0.2, 0.25) is 0 Å². The monoisotopic (exact) mass is 200 g/mol. The first-order chi connectivity index (χ1) is 6.25. The summed E-state index contributed by atoms with van der Waals surface area (Å²) in [4.78, 5) is 0. The summed E-state index contributed by atoms with van der Waals surface area (Å²) < 4.78 is 0. The Morgan fingerprint density at radius 2 is 2.15 bits per heavy atom. The lowest BCUT2D eigenvalue weighted by atomic mass is 9.72. The summed E-state index contributed by atoms with van der Waals surface area (Å²) in [7, 11) is 0. The molecule has 0 bridgehead atoms. The summed E-state index contributed by atoms with van der Waals surface area (Å²) in [5, 5.41) is 21.8. The third-order valence-corrected chi connectivity index (χ3v) is 3.26. The molecule has 1 unspecified atom stereocenters. The van der Waals surface area contributed by atoms with Crippen molar-refractivity contribution in [3.63, 3.8) is 0 Å². The molecule has 1 rings (SSSR count). The molecule has 0 aromatic rings. The van der Waals surface area contributed by atoms with Crippen molar-refractivity contribution in [3.8, 4) is 6.07 Å². The number of nitrogens with one attached hydrogen (secondary N) is 1. The smallest absolute Gasteiger partial charge is 0.0695 e. The van der Waals surface area contributed by atoms with Crippen LogP contribution in [-0.4, -0.2) is 30.1 Å². The molecule has 1 aliphatic rings. The van der Waals surface area contributed by atoms with Gasteiger partial charge in [-0.1, -0.05) is 0 Å². The first-order valence-corrected chi connectivity index (χ1v) is 5.25. The van der Waals surface area contributed by atoms with E-state index in [4.69, 9.17) is 5.26 Å². The minimum absolute atomic E-state index is 0.207. The second-order valence-electron chi connectivity index (χ2n) is 3.65. The van der Waals surface area contributed by atoms with Crippen molar-refractivity contribution in [3.05, 3.63) is 0 Å².